The predicted octanol–water partition coefficient (Wildman–Crippen LogP) is 2.61. The Morgan fingerprint density at radius 2 is 2.03 bits per heavy atom. The number of hydrogen-bond donors (Lipinski definition) is 1. The van der Waals surface area contributed by atoms with Gasteiger partial charge in [0.05, 0.1) is 11.3 Å². The van der Waals surface area contributed by atoms with Crippen LogP contribution in [-0.2, 0) is 4.79 Å². The number of hydrogen-bond acceptors (Lipinski definition) is 5. The van der Waals surface area contributed by atoms with E-state index in [0.717, 1.165) is 38.2 Å². The number of amides is 2. The second-order valence-electron chi connectivity index (χ2n) is 7.43. The normalized spacial score (nSPS) is 19.2. The van der Waals surface area contributed by atoms with Gasteiger partial charge in [-0.15, -0.1) is 0 Å². The molecule has 1 N–H and O–H groups in total. The lowest BCUT2D eigenvalue weighted by Gasteiger charge is -2.20. The molecule has 0 unspecified atom stereocenters. The van der Waals surface area contributed by atoms with Gasteiger partial charge in [-0.05, 0) is 57.3 Å². The van der Waals surface area contributed by atoms with Crippen molar-refractivity contribution in [3.63, 3.8) is 0 Å². The predicted molar refractivity (Wildman–Crippen MR) is 111 cm³/mol. The minimum Gasteiger partial charge on any atom is -0.457 e. The Balaban J connectivity index is 1.54. The van der Waals surface area contributed by atoms with Crippen LogP contribution in [0, 0.1) is 0 Å². The Bertz CT molecular complexity index is 1000. The lowest BCUT2D eigenvalue weighted by atomic mass is 10.1. The van der Waals surface area contributed by atoms with Crippen LogP contribution in [0.25, 0.3) is 17.4 Å². The van der Waals surface area contributed by atoms with E-state index in [-0.39, 0.29) is 11.8 Å². The van der Waals surface area contributed by atoms with Crippen molar-refractivity contribution in [3.05, 3.63) is 53.3 Å². The van der Waals surface area contributed by atoms with Crippen LogP contribution in [0.15, 0.2) is 51.5 Å². The highest BCUT2D eigenvalue weighted by Crippen LogP contribution is 2.25. The van der Waals surface area contributed by atoms with Crippen molar-refractivity contribution in [1.29, 1.82) is 0 Å². The molecule has 2 aliphatic heterocycles. The number of nitrogens with one attached hydrogen (secondary N) is 1. The summed E-state index contributed by atoms with van der Waals surface area (Å²) >= 11 is 0. The van der Waals surface area contributed by atoms with Crippen LogP contribution in [0.5, 0.6) is 0 Å². The van der Waals surface area contributed by atoms with Gasteiger partial charge in [-0.3, -0.25) is 9.59 Å². The highest BCUT2D eigenvalue weighted by Gasteiger charge is 2.21. The van der Waals surface area contributed by atoms with Crippen LogP contribution in [0.1, 0.15) is 29.5 Å². The molecule has 29 heavy (non-hydrogen) atoms. The zero-order valence-corrected chi connectivity index (χ0v) is 16.6. The summed E-state index contributed by atoms with van der Waals surface area (Å²) in [6.45, 7) is 5.17. The average molecular weight is 392 g/mol. The number of furan rings is 1. The van der Waals surface area contributed by atoms with Gasteiger partial charge in [0.2, 0.25) is 0 Å². The number of carbonyl (C=O) groups is 2. The van der Waals surface area contributed by atoms with E-state index in [2.05, 4.69) is 22.5 Å². The van der Waals surface area contributed by atoms with Gasteiger partial charge < -0.3 is 14.2 Å². The van der Waals surface area contributed by atoms with Crippen LogP contribution in [-0.4, -0.2) is 60.6 Å². The summed E-state index contributed by atoms with van der Waals surface area (Å²) in [5, 5.41) is 3.91. The first kappa shape index (κ1) is 19.1. The summed E-state index contributed by atoms with van der Waals surface area (Å²) in [6, 6.07) is 11.1. The Morgan fingerprint density at radius 3 is 2.83 bits per heavy atom. The molecule has 1 aromatic carbocycles. The minimum absolute atomic E-state index is 0.0468. The standard InChI is InChI=1S/C22H24N4O3/c1-15-19(21(27)24-23-15)14-18-7-8-20(29-18)16-5-3-6-17(13-16)22(28)26-10-4-9-25(2)11-12-26/h3,5-8,13-14H,4,9-12H2,1-2H3,(H,24,27)/b19-14+. The quantitative estimate of drug-likeness (QED) is 0.815. The van der Waals surface area contributed by atoms with Crippen LogP contribution in [0.3, 0.4) is 0 Å². The molecule has 1 saturated heterocycles. The second kappa shape index (κ2) is 8.05. The number of nitrogens with zero attached hydrogens (tertiary/aromatic N) is 3. The van der Waals surface area contributed by atoms with E-state index in [0.29, 0.717) is 28.4 Å². The molecule has 1 fully saturated rings. The van der Waals surface area contributed by atoms with E-state index in [1.807, 2.05) is 35.2 Å². The fraction of sp³-hybridized carbons (Fsp3) is 0.318. The Hall–Kier alpha value is -3.19. The first-order valence-electron chi connectivity index (χ1n) is 9.76. The van der Waals surface area contributed by atoms with Crippen molar-refractivity contribution in [1.82, 2.24) is 15.2 Å². The summed E-state index contributed by atoms with van der Waals surface area (Å²) in [5.74, 6) is 1.02. The van der Waals surface area contributed by atoms with Crippen LogP contribution in [0.4, 0.5) is 0 Å². The van der Waals surface area contributed by atoms with Gasteiger partial charge in [-0.2, -0.15) is 5.10 Å². The fourth-order valence-corrected chi connectivity index (χ4v) is 3.55. The maximum Gasteiger partial charge on any atom is 0.273 e. The molecular formula is C22H24N4O3. The molecule has 4 rings (SSSR count). The third-order valence-corrected chi connectivity index (χ3v) is 5.27. The summed E-state index contributed by atoms with van der Waals surface area (Å²) in [5.41, 5.74) is 5.03. The monoisotopic (exact) mass is 392 g/mol. The largest absolute Gasteiger partial charge is 0.457 e. The van der Waals surface area contributed by atoms with Gasteiger partial charge in [0.15, 0.2) is 0 Å². The number of hydrazone groups is 1. The summed E-state index contributed by atoms with van der Waals surface area (Å²) < 4.78 is 5.90. The fourth-order valence-electron chi connectivity index (χ4n) is 3.55. The van der Waals surface area contributed by atoms with Crippen molar-refractivity contribution in [2.45, 2.75) is 13.3 Å². The third kappa shape index (κ3) is 4.14. The number of carbonyl (C=O) groups excluding carboxylic acids is 2. The number of rotatable bonds is 3. The number of benzene rings is 1. The Kier molecular flexibility index (Phi) is 5.31. The Morgan fingerprint density at radius 1 is 1.17 bits per heavy atom. The van der Waals surface area contributed by atoms with E-state index < -0.39 is 0 Å². The van der Waals surface area contributed by atoms with E-state index >= 15 is 0 Å². The van der Waals surface area contributed by atoms with Crippen molar-refractivity contribution in [3.8, 4) is 11.3 Å². The Labute approximate surface area is 169 Å². The molecule has 0 radical (unpaired) electrons. The highest BCUT2D eigenvalue weighted by molar-refractivity contribution is 6.26. The van der Waals surface area contributed by atoms with Gasteiger partial charge in [-0.25, -0.2) is 5.43 Å². The molecule has 0 bridgehead atoms. The smallest absolute Gasteiger partial charge is 0.273 e. The molecule has 7 nitrogen and oxygen atoms in total. The summed E-state index contributed by atoms with van der Waals surface area (Å²) in [7, 11) is 2.08. The molecule has 0 saturated carbocycles. The zero-order valence-electron chi connectivity index (χ0n) is 16.6. The maximum atomic E-state index is 13.0. The molecule has 0 aliphatic carbocycles. The minimum atomic E-state index is -0.240. The van der Waals surface area contributed by atoms with E-state index in [4.69, 9.17) is 4.42 Å². The molecule has 1 aromatic heterocycles. The molecule has 150 valence electrons. The first-order valence-corrected chi connectivity index (χ1v) is 9.76. The summed E-state index contributed by atoms with van der Waals surface area (Å²) in [6.07, 6.45) is 2.65. The molecule has 0 spiro atoms. The molecule has 2 amide bonds. The van der Waals surface area contributed by atoms with Crippen molar-refractivity contribution in [2.24, 2.45) is 5.10 Å². The molecule has 2 aliphatic rings. The molecule has 3 heterocycles. The average Bonchev–Trinajstić information content (AvgIpc) is 3.25. The van der Waals surface area contributed by atoms with Gasteiger partial charge in [0, 0.05) is 30.8 Å². The summed E-state index contributed by atoms with van der Waals surface area (Å²) in [4.78, 5) is 28.9. The van der Waals surface area contributed by atoms with Gasteiger partial charge in [0.25, 0.3) is 11.8 Å². The maximum absolute atomic E-state index is 13.0. The molecule has 2 aromatic rings. The van der Waals surface area contributed by atoms with Crippen molar-refractivity contribution in [2.75, 3.05) is 33.2 Å². The van der Waals surface area contributed by atoms with Gasteiger partial charge >= 0.3 is 0 Å². The van der Waals surface area contributed by atoms with E-state index in [1.54, 1.807) is 19.1 Å². The molecular weight excluding hydrogens is 368 g/mol. The van der Waals surface area contributed by atoms with Crippen LogP contribution < -0.4 is 5.43 Å². The van der Waals surface area contributed by atoms with Crippen LogP contribution in [0.2, 0.25) is 0 Å². The van der Waals surface area contributed by atoms with E-state index in [1.165, 1.54) is 0 Å². The lowest BCUT2D eigenvalue weighted by Crippen LogP contribution is -2.34. The SMILES string of the molecule is CC1=NNC(=O)/C1=C/c1ccc(-c2cccc(C(=O)N3CCCN(C)CC3)c2)o1. The number of likely N-dealkylation sites (N-methyl/N-ethyl adjacent to an activating group) is 1. The zero-order chi connectivity index (χ0) is 20.4. The highest BCUT2D eigenvalue weighted by atomic mass is 16.3. The molecule has 0 atom stereocenters. The van der Waals surface area contributed by atoms with Crippen molar-refractivity contribution >= 4 is 23.6 Å². The van der Waals surface area contributed by atoms with Gasteiger partial charge in [0.1, 0.15) is 11.5 Å². The third-order valence-electron chi connectivity index (χ3n) is 5.27. The topological polar surface area (TPSA) is 78.2 Å². The second-order valence-corrected chi connectivity index (χ2v) is 7.43. The van der Waals surface area contributed by atoms with Crippen molar-refractivity contribution < 1.29 is 14.0 Å². The van der Waals surface area contributed by atoms with Crippen LogP contribution >= 0.6 is 0 Å². The lowest BCUT2D eigenvalue weighted by molar-refractivity contribution is -0.116. The molecule has 7 heteroatoms. The van der Waals surface area contributed by atoms with E-state index in [9.17, 15) is 9.59 Å². The van der Waals surface area contributed by atoms with Gasteiger partial charge in [-0.1, -0.05) is 12.1 Å². The first-order chi connectivity index (χ1) is 14.0.